The molecule has 3 N–H and O–H groups in total. The van der Waals surface area contributed by atoms with Crippen LogP contribution in [-0.2, 0) is 4.79 Å². The van der Waals surface area contributed by atoms with Crippen molar-refractivity contribution < 1.29 is 10.1 Å². The fraction of sp³-hybridized carbons (Fsp3) is 0.250. The van der Waals surface area contributed by atoms with Gasteiger partial charge in [-0.1, -0.05) is 41.9 Å². The Labute approximate surface area is 129 Å². The summed E-state index contributed by atoms with van der Waals surface area (Å²) in [6.45, 7) is 3.95. The summed E-state index contributed by atoms with van der Waals surface area (Å²) in [5.41, 5.74) is 1.73. The summed E-state index contributed by atoms with van der Waals surface area (Å²) in [6, 6.07) is 13.6. The van der Waals surface area contributed by atoms with E-state index in [9.17, 15) is 4.79 Å². The van der Waals surface area contributed by atoms with Crippen LogP contribution in [0.1, 0.15) is 25.5 Å². The van der Waals surface area contributed by atoms with E-state index in [1.807, 2.05) is 30.4 Å². The topological polar surface area (TPSA) is 58.6 Å². The first-order chi connectivity index (χ1) is 10.1. The number of halogens is 1. The van der Waals surface area contributed by atoms with Crippen molar-refractivity contribution >= 4 is 23.2 Å². The number of anilines is 1. The van der Waals surface area contributed by atoms with Crippen molar-refractivity contribution in [3.8, 4) is 0 Å². The molecule has 0 saturated heterocycles. The first-order valence-corrected chi connectivity index (χ1v) is 7.27. The first kappa shape index (κ1) is 15.5. The summed E-state index contributed by atoms with van der Waals surface area (Å²) >= 11 is 5.94. The molecule has 0 saturated carbocycles. The molecule has 0 bridgehead atoms. The van der Waals surface area contributed by atoms with Gasteiger partial charge >= 0.3 is 0 Å². The number of hydrogen-bond donors (Lipinski definition) is 2. The van der Waals surface area contributed by atoms with Crippen molar-refractivity contribution in [3.63, 3.8) is 0 Å². The Balaban J connectivity index is 1.95. The van der Waals surface area contributed by atoms with Gasteiger partial charge in [0.1, 0.15) is 6.04 Å². The van der Waals surface area contributed by atoms with Gasteiger partial charge in [0, 0.05) is 11.8 Å². The van der Waals surface area contributed by atoms with Crippen molar-refractivity contribution in [2.24, 2.45) is 0 Å². The molecule has 0 fully saturated rings. The average molecular weight is 305 g/mol. The summed E-state index contributed by atoms with van der Waals surface area (Å²) in [5.74, 6) is -0.0901. The fourth-order valence-corrected chi connectivity index (χ4v) is 2.28. The third-order valence-electron chi connectivity index (χ3n) is 3.33. The van der Waals surface area contributed by atoms with Gasteiger partial charge in [0.2, 0.25) is 0 Å². The summed E-state index contributed by atoms with van der Waals surface area (Å²) in [4.78, 5) is 16.1. The van der Waals surface area contributed by atoms with E-state index < -0.39 is 0 Å². The lowest BCUT2D eigenvalue weighted by atomic mass is 10.1. The molecule has 0 spiro atoms. The van der Waals surface area contributed by atoms with Gasteiger partial charge in [0.15, 0.2) is 11.2 Å². The third kappa shape index (κ3) is 4.28. The SMILES string of the molecule is C[C@H]([NH2+][C@H](C)C(=O)Nc1cccnc1Cl)c1ccccc1. The van der Waals surface area contributed by atoms with Gasteiger partial charge in [-0.25, -0.2) is 4.98 Å². The van der Waals surface area contributed by atoms with Gasteiger partial charge < -0.3 is 10.6 Å². The summed E-state index contributed by atoms with van der Waals surface area (Å²) in [5, 5.41) is 5.13. The van der Waals surface area contributed by atoms with Crippen LogP contribution in [0.25, 0.3) is 0 Å². The normalized spacial score (nSPS) is 13.5. The second-order valence-corrected chi connectivity index (χ2v) is 5.37. The Morgan fingerprint density at radius 2 is 1.90 bits per heavy atom. The van der Waals surface area contributed by atoms with Crippen molar-refractivity contribution in [2.45, 2.75) is 25.9 Å². The van der Waals surface area contributed by atoms with E-state index in [1.54, 1.807) is 18.3 Å². The number of rotatable bonds is 5. The predicted octanol–water partition coefficient (Wildman–Crippen LogP) is 2.39. The Bertz CT molecular complexity index is 603. The second kappa shape index (κ2) is 7.20. The van der Waals surface area contributed by atoms with E-state index in [0.717, 1.165) is 0 Å². The molecular formula is C16H19ClN3O+. The average Bonchev–Trinajstić information content (AvgIpc) is 2.50. The maximum Gasteiger partial charge on any atom is 0.282 e. The Hall–Kier alpha value is -1.91. The third-order valence-corrected chi connectivity index (χ3v) is 3.63. The number of carbonyl (C=O) groups excluding carboxylic acids is 1. The number of nitrogens with two attached hydrogens (primary N) is 1. The van der Waals surface area contributed by atoms with E-state index in [0.29, 0.717) is 10.8 Å². The molecule has 0 radical (unpaired) electrons. The maximum absolute atomic E-state index is 12.2. The van der Waals surface area contributed by atoms with Crippen molar-refractivity contribution in [2.75, 3.05) is 5.32 Å². The van der Waals surface area contributed by atoms with E-state index in [2.05, 4.69) is 29.4 Å². The molecule has 5 heteroatoms. The largest absolute Gasteiger partial charge is 0.330 e. The van der Waals surface area contributed by atoms with Crippen molar-refractivity contribution in [3.05, 3.63) is 59.4 Å². The number of benzene rings is 1. The molecular weight excluding hydrogens is 286 g/mol. The number of hydrogen-bond acceptors (Lipinski definition) is 2. The van der Waals surface area contributed by atoms with Gasteiger partial charge in [0.25, 0.3) is 5.91 Å². The number of nitrogens with one attached hydrogen (secondary N) is 1. The van der Waals surface area contributed by atoms with Crippen LogP contribution in [0.4, 0.5) is 5.69 Å². The van der Waals surface area contributed by atoms with Crippen LogP contribution < -0.4 is 10.6 Å². The minimum Gasteiger partial charge on any atom is -0.330 e. The molecule has 0 aliphatic heterocycles. The number of nitrogens with zero attached hydrogens (tertiary/aromatic N) is 1. The summed E-state index contributed by atoms with van der Waals surface area (Å²) < 4.78 is 0. The standard InChI is InChI=1S/C16H18ClN3O/c1-11(13-7-4-3-5-8-13)19-12(2)16(21)20-14-9-6-10-18-15(14)17/h3-12,19H,1-2H3,(H,20,21)/p+1/t11-,12+/m0/s1. The van der Waals surface area contributed by atoms with E-state index in [4.69, 9.17) is 11.6 Å². The number of aromatic nitrogens is 1. The van der Waals surface area contributed by atoms with Crippen LogP contribution in [0.5, 0.6) is 0 Å². The van der Waals surface area contributed by atoms with Crippen molar-refractivity contribution in [1.29, 1.82) is 0 Å². The Morgan fingerprint density at radius 1 is 1.19 bits per heavy atom. The van der Waals surface area contributed by atoms with Crippen LogP contribution in [0, 0.1) is 0 Å². The highest BCUT2D eigenvalue weighted by Gasteiger charge is 2.20. The lowest BCUT2D eigenvalue weighted by Crippen LogP contribution is -2.91. The van der Waals surface area contributed by atoms with Crippen LogP contribution in [-0.4, -0.2) is 16.9 Å². The maximum atomic E-state index is 12.2. The molecule has 0 aliphatic carbocycles. The Kier molecular flexibility index (Phi) is 5.31. The molecule has 1 aromatic carbocycles. The zero-order chi connectivity index (χ0) is 15.2. The Morgan fingerprint density at radius 3 is 2.57 bits per heavy atom. The molecule has 110 valence electrons. The lowest BCUT2D eigenvalue weighted by Gasteiger charge is -2.17. The van der Waals surface area contributed by atoms with Gasteiger partial charge in [-0.05, 0) is 26.0 Å². The zero-order valence-corrected chi connectivity index (χ0v) is 12.8. The monoisotopic (exact) mass is 304 g/mol. The van der Waals surface area contributed by atoms with Gasteiger partial charge in [-0.15, -0.1) is 0 Å². The number of quaternary nitrogens is 1. The molecule has 21 heavy (non-hydrogen) atoms. The van der Waals surface area contributed by atoms with Crippen LogP contribution in [0.2, 0.25) is 5.15 Å². The highest BCUT2D eigenvalue weighted by molar-refractivity contribution is 6.32. The quantitative estimate of drug-likeness (QED) is 0.833. The highest BCUT2D eigenvalue weighted by Crippen LogP contribution is 2.17. The minimum absolute atomic E-state index is 0.0901. The summed E-state index contributed by atoms with van der Waals surface area (Å²) in [6.07, 6.45) is 1.59. The van der Waals surface area contributed by atoms with Crippen LogP contribution in [0.15, 0.2) is 48.7 Å². The van der Waals surface area contributed by atoms with Gasteiger partial charge in [0.05, 0.1) is 5.69 Å². The van der Waals surface area contributed by atoms with Crippen molar-refractivity contribution in [1.82, 2.24) is 4.98 Å². The van der Waals surface area contributed by atoms with Crippen LogP contribution in [0.3, 0.4) is 0 Å². The second-order valence-electron chi connectivity index (χ2n) is 5.01. The fourth-order valence-electron chi connectivity index (χ4n) is 2.11. The number of carbonyl (C=O) groups is 1. The molecule has 1 amide bonds. The number of amides is 1. The molecule has 4 nitrogen and oxygen atoms in total. The zero-order valence-electron chi connectivity index (χ0n) is 12.1. The molecule has 2 atom stereocenters. The molecule has 1 heterocycles. The lowest BCUT2D eigenvalue weighted by molar-refractivity contribution is -0.709. The first-order valence-electron chi connectivity index (χ1n) is 6.89. The summed E-state index contributed by atoms with van der Waals surface area (Å²) in [7, 11) is 0. The molecule has 2 aromatic rings. The van der Waals surface area contributed by atoms with E-state index in [1.165, 1.54) is 5.56 Å². The van der Waals surface area contributed by atoms with E-state index >= 15 is 0 Å². The minimum atomic E-state index is -0.225. The van der Waals surface area contributed by atoms with Crippen LogP contribution >= 0.6 is 11.6 Å². The number of pyridine rings is 1. The van der Waals surface area contributed by atoms with Gasteiger partial charge in [-0.2, -0.15) is 0 Å². The molecule has 2 rings (SSSR count). The van der Waals surface area contributed by atoms with E-state index in [-0.39, 0.29) is 18.0 Å². The predicted molar refractivity (Wildman–Crippen MR) is 84.1 cm³/mol. The molecule has 0 unspecified atom stereocenters. The molecule has 0 aliphatic rings. The highest BCUT2D eigenvalue weighted by atomic mass is 35.5. The van der Waals surface area contributed by atoms with Gasteiger partial charge in [-0.3, -0.25) is 4.79 Å². The molecule has 1 aromatic heterocycles. The smallest absolute Gasteiger partial charge is 0.282 e.